The molecule has 12 heavy (non-hydrogen) atoms. The number of hydrogen-bond acceptors (Lipinski definition) is 2. The van der Waals surface area contributed by atoms with Gasteiger partial charge in [0, 0.05) is 12.8 Å². The number of nitrogens with zero attached hydrogens (tertiary/aromatic N) is 1. The molecule has 0 spiro atoms. The summed E-state index contributed by atoms with van der Waals surface area (Å²) < 4.78 is 1.95. The van der Waals surface area contributed by atoms with Crippen molar-refractivity contribution in [3.8, 4) is 0 Å². The highest BCUT2D eigenvalue weighted by Crippen LogP contribution is 1.84. The maximum Gasteiger partial charge on any atom is 0.0468 e. The van der Waals surface area contributed by atoms with Gasteiger partial charge in [0.2, 0.25) is 0 Å². The molecule has 0 unspecified atom stereocenters. The van der Waals surface area contributed by atoms with Gasteiger partial charge in [0.1, 0.15) is 0 Å². The molecule has 0 aromatic rings. The van der Waals surface area contributed by atoms with Crippen molar-refractivity contribution >= 4 is 28.8 Å². The average molecular weight is 278 g/mol. The number of unbranched alkanes of at least 4 members (excludes halogenated alkanes) is 1. The van der Waals surface area contributed by atoms with Crippen LogP contribution in [-0.2, 0) is 0 Å². The summed E-state index contributed by atoms with van der Waals surface area (Å²) in [5.74, 6) is 0. The van der Waals surface area contributed by atoms with Crippen LogP contribution in [0.5, 0.6) is 0 Å². The topological polar surface area (TPSA) is 24.4 Å². The molecule has 0 aliphatic carbocycles. The number of nitrogens with one attached hydrogen (secondary N) is 1. The zero-order chi connectivity index (χ0) is 9.07. The maximum atomic E-state index is 3.98. The Labute approximate surface area is 88.0 Å². The van der Waals surface area contributed by atoms with Crippen LogP contribution in [0.3, 0.4) is 0 Å². The lowest BCUT2D eigenvalue weighted by atomic mass is 10.3. The van der Waals surface area contributed by atoms with Crippen molar-refractivity contribution in [3.05, 3.63) is 22.3 Å². The van der Waals surface area contributed by atoms with Crippen LogP contribution in [0.1, 0.15) is 19.8 Å². The summed E-state index contributed by atoms with van der Waals surface area (Å²) in [6, 6.07) is 0. The Bertz CT molecular complexity index is 162. The van der Waals surface area contributed by atoms with Gasteiger partial charge in [-0.1, -0.05) is 48.1 Å². The van der Waals surface area contributed by atoms with Gasteiger partial charge in [-0.15, -0.1) is 0 Å². The summed E-state index contributed by atoms with van der Waals surface area (Å²) in [7, 11) is 0. The Morgan fingerprint density at radius 1 is 1.33 bits per heavy atom. The van der Waals surface area contributed by atoms with Crippen molar-refractivity contribution in [2.75, 3.05) is 6.54 Å². The van der Waals surface area contributed by atoms with Gasteiger partial charge in [-0.3, -0.25) is 0 Å². The standard InChI is InChI=1S/C9H15IN2/c1-2-3-8-11-12-9-6-4-5-7-10/h4-7,9,11H,2-3,8H2,1H3/b6-4-,7-5-,12-9+. The summed E-state index contributed by atoms with van der Waals surface area (Å²) in [6.07, 6.45) is 9.93. The minimum atomic E-state index is 0.961. The normalized spacial score (nSPS) is 12.2. The van der Waals surface area contributed by atoms with Crippen molar-refractivity contribution in [2.45, 2.75) is 19.8 Å². The second-order valence-electron chi connectivity index (χ2n) is 2.24. The fraction of sp³-hybridized carbons (Fsp3) is 0.444. The number of hydrazone groups is 1. The monoisotopic (exact) mass is 278 g/mol. The molecule has 0 aliphatic rings. The molecule has 0 rings (SSSR count). The van der Waals surface area contributed by atoms with Crippen molar-refractivity contribution in [1.82, 2.24) is 5.43 Å². The van der Waals surface area contributed by atoms with Crippen molar-refractivity contribution < 1.29 is 0 Å². The van der Waals surface area contributed by atoms with E-state index < -0.39 is 0 Å². The van der Waals surface area contributed by atoms with Crippen LogP contribution in [-0.4, -0.2) is 12.8 Å². The van der Waals surface area contributed by atoms with Crippen LogP contribution < -0.4 is 5.43 Å². The molecule has 0 heterocycles. The van der Waals surface area contributed by atoms with E-state index in [9.17, 15) is 0 Å². The third kappa shape index (κ3) is 9.68. The van der Waals surface area contributed by atoms with Gasteiger partial charge in [0.05, 0.1) is 0 Å². The number of rotatable bonds is 6. The van der Waals surface area contributed by atoms with Crippen LogP contribution >= 0.6 is 22.6 Å². The molecular weight excluding hydrogens is 263 g/mol. The molecule has 0 aliphatic heterocycles. The van der Waals surface area contributed by atoms with Gasteiger partial charge in [0.15, 0.2) is 0 Å². The van der Waals surface area contributed by atoms with E-state index in [1.165, 1.54) is 12.8 Å². The summed E-state index contributed by atoms with van der Waals surface area (Å²) in [5.41, 5.74) is 2.96. The molecule has 0 amide bonds. The number of allylic oxidation sites excluding steroid dienone is 3. The lowest BCUT2D eigenvalue weighted by Crippen LogP contribution is -2.06. The second-order valence-corrected chi connectivity index (χ2v) is 2.96. The summed E-state index contributed by atoms with van der Waals surface area (Å²) in [5, 5.41) is 3.98. The van der Waals surface area contributed by atoms with Crippen LogP contribution in [0.4, 0.5) is 0 Å². The SMILES string of the molecule is CCCCN/N=C/C=C\C=C/I. The molecule has 0 saturated carbocycles. The van der Waals surface area contributed by atoms with E-state index in [4.69, 9.17) is 0 Å². The highest BCUT2D eigenvalue weighted by molar-refractivity contribution is 14.1. The van der Waals surface area contributed by atoms with Crippen LogP contribution in [0.15, 0.2) is 27.4 Å². The summed E-state index contributed by atoms with van der Waals surface area (Å²) >= 11 is 2.17. The third-order valence-electron chi connectivity index (χ3n) is 1.19. The van der Waals surface area contributed by atoms with E-state index in [0.29, 0.717) is 0 Å². The van der Waals surface area contributed by atoms with Gasteiger partial charge in [-0.25, -0.2) is 0 Å². The third-order valence-corrected chi connectivity index (χ3v) is 1.60. The molecule has 0 bridgehead atoms. The average Bonchev–Trinajstić information content (AvgIpc) is 2.10. The van der Waals surface area contributed by atoms with Crippen LogP contribution in [0.25, 0.3) is 0 Å². The first-order chi connectivity index (χ1) is 5.91. The van der Waals surface area contributed by atoms with Crippen molar-refractivity contribution in [3.63, 3.8) is 0 Å². The molecule has 2 nitrogen and oxygen atoms in total. The first kappa shape index (κ1) is 11.7. The molecule has 0 radical (unpaired) electrons. The maximum absolute atomic E-state index is 3.98. The molecule has 0 saturated heterocycles. The first-order valence-corrected chi connectivity index (χ1v) is 5.34. The highest BCUT2D eigenvalue weighted by atomic mass is 127. The van der Waals surface area contributed by atoms with E-state index in [1.807, 2.05) is 22.3 Å². The fourth-order valence-corrected chi connectivity index (χ4v) is 0.812. The highest BCUT2D eigenvalue weighted by Gasteiger charge is 1.76. The Kier molecular flexibility index (Phi) is 10.4. The Morgan fingerprint density at radius 3 is 2.83 bits per heavy atom. The lowest BCUT2D eigenvalue weighted by Gasteiger charge is -1.94. The predicted molar refractivity (Wildman–Crippen MR) is 63.7 cm³/mol. The number of hydrogen-bond donors (Lipinski definition) is 1. The van der Waals surface area contributed by atoms with E-state index in [1.54, 1.807) is 6.21 Å². The second kappa shape index (κ2) is 10.7. The van der Waals surface area contributed by atoms with E-state index >= 15 is 0 Å². The fourth-order valence-electron chi connectivity index (χ4n) is 0.572. The molecule has 0 aromatic heterocycles. The predicted octanol–water partition coefficient (Wildman–Crippen LogP) is 2.87. The first-order valence-electron chi connectivity index (χ1n) is 4.09. The summed E-state index contributed by atoms with van der Waals surface area (Å²) in [6.45, 7) is 3.12. The Balaban J connectivity index is 3.24. The van der Waals surface area contributed by atoms with Gasteiger partial charge < -0.3 is 5.43 Å². The minimum Gasteiger partial charge on any atom is -0.310 e. The van der Waals surface area contributed by atoms with Gasteiger partial charge in [-0.2, -0.15) is 5.10 Å². The largest absolute Gasteiger partial charge is 0.310 e. The smallest absolute Gasteiger partial charge is 0.0468 e. The van der Waals surface area contributed by atoms with Gasteiger partial charge in [-0.05, 0) is 16.6 Å². The minimum absolute atomic E-state index is 0.961. The Hall–Kier alpha value is -0.320. The van der Waals surface area contributed by atoms with E-state index in [-0.39, 0.29) is 0 Å². The number of halogens is 1. The quantitative estimate of drug-likeness (QED) is 0.261. The van der Waals surface area contributed by atoms with E-state index in [0.717, 1.165) is 6.54 Å². The molecular formula is C9H15IN2. The van der Waals surface area contributed by atoms with Crippen molar-refractivity contribution in [1.29, 1.82) is 0 Å². The molecule has 1 N–H and O–H groups in total. The van der Waals surface area contributed by atoms with Crippen LogP contribution in [0.2, 0.25) is 0 Å². The zero-order valence-electron chi connectivity index (χ0n) is 7.33. The van der Waals surface area contributed by atoms with E-state index in [2.05, 4.69) is 40.0 Å². The Morgan fingerprint density at radius 2 is 2.17 bits per heavy atom. The molecule has 3 heteroatoms. The van der Waals surface area contributed by atoms with Gasteiger partial charge >= 0.3 is 0 Å². The molecule has 0 aromatic carbocycles. The lowest BCUT2D eigenvalue weighted by molar-refractivity contribution is 0.674. The van der Waals surface area contributed by atoms with Gasteiger partial charge in [0.25, 0.3) is 0 Å². The molecule has 0 fully saturated rings. The molecule has 68 valence electrons. The summed E-state index contributed by atoms with van der Waals surface area (Å²) in [4.78, 5) is 0. The van der Waals surface area contributed by atoms with Crippen LogP contribution in [0, 0.1) is 0 Å². The zero-order valence-corrected chi connectivity index (χ0v) is 9.49. The van der Waals surface area contributed by atoms with Crippen molar-refractivity contribution in [2.24, 2.45) is 5.10 Å². The molecule has 0 atom stereocenters.